The number of carbonyl (C=O) groups is 2. The molecule has 0 aliphatic carbocycles. The molecular weight excluding hydrogens is 358 g/mol. The van der Waals surface area contributed by atoms with Crippen LogP contribution in [0.25, 0.3) is 0 Å². The standard InChI is InChI=1S/C21H33N3O2S/c1-4-23(5-2)20(25)16-22-12-7-13-24(15-14-22)21(26)19-10-8-18(9-11-19)17-27-6-3/h8-11H,4-7,12-17H2,1-3H3. The Hall–Kier alpha value is -1.53. The molecule has 1 aromatic carbocycles. The Morgan fingerprint density at radius 2 is 1.70 bits per heavy atom. The summed E-state index contributed by atoms with van der Waals surface area (Å²) in [5, 5.41) is 0. The fourth-order valence-electron chi connectivity index (χ4n) is 3.35. The van der Waals surface area contributed by atoms with Crippen molar-refractivity contribution >= 4 is 23.6 Å². The molecule has 1 aliphatic rings. The number of rotatable bonds is 8. The van der Waals surface area contributed by atoms with Gasteiger partial charge in [-0.25, -0.2) is 0 Å². The fraction of sp³-hybridized carbons (Fsp3) is 0.619. The summed E-state index contributed by atoms with van der Waals surface area (Å²) in [7, 11) is 0. The summed E-state index contributed by atoms with van der Waals surface area (Å²) < 4.78 is 0. The lowest BCUT2D eigenvalue weighted by Crippen LogP contribution is -2.42. The van der Waals surface area contributed by atoms with Crippen LogP contribution >= 0.6 is 11.8 Å². The molecule has 0 bridgehead atoms. The van der Waals surface area contributed by atoms with Gasteiger partial charge in [-0.1, -0.05) is 19.1 Å². The normalized spacial score (nSPS) is 15.4. The second-order valence-corrected chi connectivity index (χ2v) is 8.10. The highest BCUT2D eigenvalue weighted by Gasteiger charge is 2.22. The lowest BCUT2D eigenvalue weighted by atomic mass is 10.1. The number of hydrogen-bond acceptors (Lipinski definition) is 4. The predicted molar refractivity (Wildman–Crippen MR) is 113 cm³/mol. The van der Waals surface area contributed by atoms with Gasteiger partial charge in [0.05, 0.1) is 6.54 Å². The summed E-state index contributed by atoms with van der Waals surface area (Å²) in [5.41, 5.74) is 2.02. The minimum absolute atomic E-state index is 0.0987. The minimum Gasteiger partial charge on any atom is -0.342 e. The average molecular weight is 392 g/mol. The van der Waals surface area contributed by atoms with E-state index in [9.17, 15) is 9.59 Å². The van der Waals surface area contributed by atoms with Crippen molar-refractivity contribution in [1.82, 2.24) is 14.7 Å². The summed E-state index contributed by atoms with van der Waals surface area (Å²) in [6.07, 6.45) is 0.905. The van der Waals surface area contributed by atoms with E-state index in [1.807, 2.05) is 47.5 Å². The van der Waals surface area contributed by atoms with Crippen molar-refractivity contribution in [3.8, 4) is 0 Å². The van der Waals surface area contributed by atoms with Crippen molar-refractivity contribution in [2.45, 2.75) is 32.9 Å². The van der Waals surface area contributed by atoms with Gasteiger partial charge in [0.15, 0.2) is 0 Å². The van der Waals surface area contributed by atoms with Crippen molar-refractivity contribution in [3.63, 3.8) is 0 Å². The molecular formula is C21H33N3O2S. The van der Waals surface area contributed by atoms with Gasteiger partial charge in [-0.3, -0.25) is 14.5 Å². The number of benzene rings is 1. The van der Waals surface area contributed by atoms with Crippen LogP contribution in [0.1, 0.15) is 43.1 Å². The van der Waals surface area contributed by atoms with Crippen LogP contribution in [0.15, 0.2) is 24.3 Å². The Bertz CT molecular complexity index is 602. The van der Waals surface area contributed by atoms with E-state index in [1.54, 1.807) is 0 Å². The first-order valence-corrected chi connectivity index (χ1v) is 11.2. The molecule has 6 heteroatoms. The molecule has 0 saturated carbocycles. The van der Waals surface area contributed by atoms with E-state index in [2.05, 4.69) is 24.0 Å². The third-order valence-electron chi connectivity index (χ3n) is 5.02. The summed E-state index contributed by atoms with van der Waals surface area (Å²) in [4.78, 5) is 31.1. The van der Waals surface area contributed by atoms with Crippen molar-refractivity contribution in [1.29, 1.82) is 0 Å². The van der Waals surface area contributed by atoms with Crippen LogP contribution in [0.3, 0.4) is 0 Å². The van der Waals surface area contributed by atoms with Crippen molar-refractivity contribution in [3.05, 3.63) is 35.4 Å². The van der Waals surface area contributed by atoms with Gasteiger partial charge in [-0.15, -0.1) is 0 Å². The van der Waals surface area contributed by atoms with Crippen LogP contribution in [0.5, 0.6) is 0 Å². The average Bonchev–Trinajstić information content (AvgIpc) is 2.92. The number of likely N-dealkylation sites (N-methyl/N-ethyl adjacent to an activating group) is 1. The summed E-state index contributed by atoms with van der Waals surface area (Å²) >= 11 is 1.88. The molecule has 1 fully saturated rings. The highest BCUT2D eigenvalue weighted by atomic mass is 32.2. The maximum atomic E-state index is 12.8. The highest BCUT2D eigenvalue weighted by molar-refractivity contribution is 7.98. The monoisotopic (exact) mass is 391 g/mol. The molecule has 1 aliphatic heterocycles. The Labute approximate surface area is 168 Å². The van der Waals surface area contributed by atoms with Gasteiger partial charge < -0.3 is 9.80 Å². The zero-order valence-corrected chi connectivity index (χ0v) is 17.8. The van der Waals surface area contributed by atoms with Crippen molar-refractivity contribution < 1.29 is 9.59 Å². The summed E-state index contributed by atoms with van der Waals surface area (Å²) in [6.45, 7) is 11.2. The molecule has 2 rings (SSSR count). The molecule has 150 valence electrons. The SMILES string of the molecule is CCSCc1ccc(C(=O)N2CCCN(CC(=O)N(CC)CC)CC2)cc1. The number of hydrogen-bond donors (Lipinski definition) is 0. The number of amides is 2. The van der Waals surface area contributed by atoms with Gasteiger partial charge in [0.2, 0.25) is 5.91 Å². The van der Waals surface area contributed by atoms with Crippen molar-refractivity contribution in [2.24, 2.45) is 0 Å². The number of thioether (sulfide) groups is 1. The molecule has 0 aromatic heterocycles. The fourth-order valence-corrected chi connectivity index (χ4v) is 3.98. The maximum absolute atomic E-state index is 12.8. The van der Waals surface area contributed by atoms with Crippen LogP contribution in [0, 0.1) is 0 Å². The third kappa shape index (κ3) is 6.54. The molecule has 5 nitrogen and oxygen atoms in total. The first-order valence-electron chi connectivity index (χ1n) is 10.0. The van der Waals surface area contributed by atoms with Gasteiger partial charge >= 0.3 is 0 Å². The number of carbonyl (C=O) groups excluding carboxylic acids is 2. The molecule has 27 heavy (non-hydrogen) atoms. The Morgan fingerprint density at radius 1 is 1.00 bits per heavy atom. The van der Waals surface area contributed by atoms with Gasteiger partial charge in [-0.05, 0) is 43.7 Å². The number of nitrogens with zero attached hydrogens (tertiary/aromatic N) is 3. The minimum atomic E-state index is 0.0987. The Kier molecular flexibility index (Phi) is 9.15. The molecule has 0 unspecified atom stereocenters. The van der Waals surface area contributed by atoms with Gasteiger partial charge in [0.25, 0.3) is 5.91 Å². The zero-order valence-electron chi connectivity index (χ0n) is 16.9. The lowest BCUT2D eigenvalue weighted by molar-refractivity contribution is -0.132. The van der Waals surface area contributed by atoms with Crippen LogP contribution in [-0.4, -0.2) is 78.1 Å². The summed E-state index contributed by atoms with van der Waals surface area (Å²) in [5.74, 6) is 2.37. The van der Waals surface area contributed by atoms with Crippen LogP contribution in [-0.2, 0) is 10.5 Å². The van der Waals surface area contributed by atoms with E-state index < -0.39 is 0 Å². The van der Waals surface area contributed by atoms with E-state index in [0.29, 0.717) is 13.1 Å². The molecule has 0 atom stereocenters. The van der Waals surface area contributed by atoms with Crippen LogP contribution < -0.4 is 0 Å². The van der Waals surface area contributed by atoms with Crippen LogP contribution in [0.2, 0.25) is 0 Å². The van der Waals surface area contributed by atoms with Gasteiger partial charge in [-0.2, -0.15) is 11.8 Å². The van der Waals surface area contributed by atoms with Crippen LogP contribution in [0.4, 0.5) is 0 Å². The second-order valence-electron chi connectivity index (χ2n) is 6.82. The molecule has 1 saturated heterocycles. The Balaban J connectivity index is 1.89. The van der Waals surface area contributed by atoms with Gasteiger partial charge in [0.1, 0.15) is 0 Å². The molecule has 1 aromatic rings. The van der Waals surface area contributed by atoms with E-state index in [1.165, 1.54) is 5.56 Å². The van der Waals surface area contributed by atoms with E-state index >= 15 is 0 Å². The highest BCUT2D eigenvalue weighted by Crippen LogP contribution is 2.15. The third-order valence-corrected chi connectivity index (χ3v) is 5.97. The Morgan fingerprint density at radius 3 is 2.33 bits per heavy atom. The molecule has 0 radical (unpaired) electrons. The second kappa shape index (κ2) is 11.3. The molecule has 1 heterocycles. The van der Waals surface area contributed by atoms with Gasteiger partial charge in [0, 0.05) is 50.6 Å². The van der Waals surface area contributed by atoms with E-state index in [4.69, 9.17) is 0 Å². The molecule has 2 amide bonds. The topological polar surface area (TPSA) is 43.9 Å². The first-order chi connectivity index (χ1) is 13.1. The summed E-state index contributed by atoms with van der Waals surface area (Å²) in [6, 6.07) is 8.01. The molecule has 0 N–H and O–H groups in total. The smallest absolute Gasteiger partial charge is 0.253 e. The van der Waals surface area contributed by atoms with E-state index in [0.717, 1.165) is 56.2 Å². The van der Waals surface area contributed by atoms with Crippen molar-refractivity contribution in [2.75, 3.05) is 51.6 Å². The quantitative estimate of drug-likeness (QED) is 0.683. The largest absolute Gasteiger partial charge is 0.342 e. The van der Waals surface area contributed by atoms with E-state index in [-0.39, 0.29) is 11.8 Å². The molecule has 0 spiro atoms. The first kappa shape index (κ1) is 21.8. The lowest BCUT2D eigenvalue weighted by Gasteiger charge is -2.25. The predicted octanol–water partition coefficient (Wildman–Crippen LogP) is 2.96. The zero-order chi connectivity index (χ0) is 19.6. The maximum Gasteiger partial charge on any atom is 0.253 e.